The number of benzene rings is 1. The molecule has 1 fully saturated rings. The number of amides is 1. The highest BCUT2D eigenvalue weighted by molar-refractivity contribution is 5.67. The third-order valence-corrected chi connectivity index (χ3v) is 4.76. The Morgan fingerprint density at radius 2 is 2.04 bits per heavy atom. The topological polar surface area (TPSA) is 71.7 Å². The number of ether oxygens (including phenoxy) is 1. The maximum atomic E-state index is 12.9. The number of carbonyl (C=O) groups excluding carboxylic acids is 1. The van der Waals surface area contributed by atoms with E-state index in [1.165, 1.54) is 19.2 Å². The number of hydrogen-bond donors (Lipinski definition) is 0. The molecule has 28 heavy (non-hydrogen) atoms. The largest absolute Gasteiger partial charge is 0.453 e. The molecule has 1 saturated heterocycles. The highest BCUT2D eigenvalue weighted by Gasteiger charge is 2.31. The van der Waals surface area contributed by atoms with E-state index in [4.69, 9.17) is 9.26 Å². The normalized spacial score (nSPS) is 17.2. The third-order valence-electron chi connectivity index (χ3n) is 4.76. The number of aromatic nitrogens is 2. The third kappa shape index (κ3) is 4.44. The minimum atomic E-state index is -4.44. The molecule has 152 valence electrons. The average molecular weight is 398 g/mol. The van der Waals surface area contributed by atoms with Crippen LogP contribution in [0.4, 0.5) is 18.0 Å². The molecule has 1 aromatic carbocycles. The van der Waals surface area contributed by atoms with Gasteiger partial charge in [0.2, 0.25) is 11.7 Å². The highest BCUT2D eigenvalue weighted by Crippen LogP contribution is 2.32. The van der Waals surface area contributed by atoms with Gasteiger partial charge in [-0.3, -0.25) is 4.90 Å². The SMILES string of the molecule is COC(=O)N1CCCN([C@@H](C)c2nc(-c3cccc(C(F)(F)F)c3)no2)CC1. The molecule has 0 saturated carbocycles. The summed E-state index contributed by atoms with van der Waals surface area (Å²) in [5.41, 5.74) is -0.524. The van der Waals surface area contributed by atoms with E-state index >= 15 is 0 Å². The fourth-order valence-electron chi connectivity index (χ4n) is 3.15. The van der Waals surface area contributed by atoms with E-state index in [-0.39, 0.29) is 23.5 Å². The van der Waals surface area contributed by atoms with Gasteiger partial charge in [0.05, 0.1) is 18.7 Å². The fraction of sp³-hybridized carbons (Fsp3) is 0.500. The standard InChI is InChI=1S/C18H21F3N4O3/c1-12(24-7-4-8-25(10-9-24)17(26)27-2)16-22-15(23-28-16)13-5-3-6-14(11-13)18(19,20)21/h3,5-6,11-12H,4,7-10H2,1-2H3/t12-/m0/s1. The first-order valence-electron chi connectivity index (χ1n) is 8.88. The van der Waals surface area contributed by atoms with Gasteiger partial charge >= 0.3 is 12.3 Å². The molecule has 0 unspecified atom stereocenters. The monoisotopic (exact) mass is 398 g/mol. The number of hydrogen-bond acceptors (Lipinski definition) is 6. The lowest BCUT2D eigenvalue weighted by atomic mass is 10.1. The molecular weight excluding hydrogens is 377 g/mol. The number of alkyl halides is 3. The summed E-state index contributed by atoms with van der Waals surface area (Å²) in [5.74, 6) is 0.429. The van der Waals surface area contributed by atoms with Crippen LogP contribution in [0.15, 0.2) is 28.8 Å². The van der Waals surface area contributed by atoms with E-state index < -0.39 is 11.7 Å². The van der Waals surface area contributed by atoms with Gasteiger partial charge in [-0.2, -0.15) is 18.2 Å². The lowest BCUT2D eigenvalue weighted by Gasteiger charge is -2.24. The maximum Gasteiger partial charge on any atom is 0.416 e. The number of methoxy groups -OCH3 is 1. The van der Waals surface area contributed by atoms with Crippen LogP contribution in [0.2, 0.25) is 0 Å². The van der Waals surface area contributed by atoms with Crippen LogP contribution in [0, 0.1) is 0 Å². The Kier molecular flexibility index (Phi) is 5.87. The number of carbonyl (C=O) groups is 1. The van der Waals surface area contributed by atoms with E-state index in [1.807, 2.05) is 6.92 Å². The number of nitrogens with zero attached hydrogens (tertiary/aromatic N) is 4. The molecule has 1 aromatic heterocycles. The van der Waals surface area contributed by atoms with Crippen LogP contribution in [0.25, 0.3) is 11.4 Å². The predicted octanol–water partition coefficient (Wildman–Crippen LogP) is 3.59. The Labute approximate surface area is 160 Å². The van der Waals surface area contributed by atoms with Crippen molar-refractivity contribution in [3.63, 3.8) is 0 Å². The summed E-state index contributed by atoms with van der Waals surface area (Å²) in [6, 6.07) is 4.59. The lowest BCUT2D eigenvalue weighted by Crippen LogP contribution is -2.35. The highest BCUT2D eigenvalue weighted by atomic mass is 19.4. The van der Waals surface area contributed by atoms with Crippen LogP contribution in [0.5, 0.6) is 0 Å². The van der Waals surface area contributed by atoms with Gasteiger partial charge in [0.15, 0.2) is 0 Å². The average Bonchev–Trinajstić information content (AvgIpc) is 3.04. The van der Waals surface area contributed by atoms with Crippen molar-refractivity contribution in [3.05, 3.63) is 35.7 Å². The molecule has 1 aliphatic rings. The van der Waals surface area contributed by atoms with Crippen LogP contribution in [-0.4, -0.2) is 59.3 Å². The van der Waals surface area contributed by atoms with Gasteiger partial charge in [0, 0.05) is 31.7 Å². The number of halogens is 3. The van der Waals surface area contributed by atoms with Crippen molar-refractivity contribution < 1.29 is 27.2 Å². The quantitative estimate of drug-likeness (QED) is 0.787. The predicted molar refractivity (Wildman–Crippen MR) is 93.3 cm³/mol. The zero-order valence-electron chi connectivity index (χ0n) is 15.6. The minimum absolute atomic E-state index is 0.110. The second-order valence-electron chi connectivity index (χ2n) is 6.56. The van der Waals surface area contributed by atoms with E-state index in [0.29, 0.717) is 25.5 Å². The van der Waals surface area contributed by atoms with Gasteiger partial charge in [0.25, 0.3) is 0 Å². The fourth-order valence-corrected chi connectivity index (χ4v) is 3.15. The number of rotatable bonds is 3. The first-order chi connectivity index (χ1) is 13.3. The smallest absolute Gasteiger partial charge is 0.416 e. The molecule has 1 amide bonds. The van der Waals surface area contributed by atoms with Crippen molar-refractivity contribution in [1.29, 1.82) is 0 Å². The summed E-state index contributed by atoms with van der Waals surface area (Å²) in [7, 11) is 1.35. The Hall–Kier alpha value is -2.62. The van der Waals surface area contributed by atoms with Crippen molar-refractivity contribution in [2.24, 2.45) is 0 Å². The van der Waals surface area contributed by atoms with Crippen LogP contribution in [0.3, 0.4) is 0 Å². The van der Waals surface area contributed by atoms with Gasteiger partial charge in [0.1, 0.15) is 0 Å². The molecule has 1 aliphatic heterocycles. The van der Waals surface area contributed by atoms with E-state index in [0.717, 1.165) is 25.1 Å². The second-order valence-corrected chi connectivity index (χ2v) is 6.56. The molecule has 10 heteroatoms. The van der Waals surface area contributed by atoms with Crippen molar-refractivity contribution in [1.82, 2.24) is 19.9 Å². The van der Waals surface area contributed by atoms with Crippen molar-refractivity contribution in [3.8, 4) is 11.4 Å². The maximum absolute atomic E-state index is 12.9. The van der Waals surface area contributed by atoms with Gasteiger partial charge < -0.3 is 14.2 Å². The summed E-state index contributed by atoms with van der Waals surface area (Å²) in [4.78, 5) is 19.7. The van der Waals surface area contributed by atoms with E-state index in [1.54, 1.807) is 4.90 Å². The molecule has 7 nitrogen and oxygen atoms in total. The first kappa shape index (κ1) is 20.1. The molecule has 1 atom stereocenters. The van der Waals surface area contributed by atoms with Crippen LogP contribution >= 0.6 is 0 Å². The summed E-state index contributed by atoms with van der Waals surface area (Å²) in [6.07, 6.45) is -4.04. The zero-order valence-corrected chi connectivity index (χ0v) is 15.6. The van der Waals surface area contributed by atoms with E-state index in [2.05, 4.69) is 15.0 Å². The second kappa shape index (κ2) is 8.17. The Balaban J connectivity index is 1.72. The molecule has 0 spiro atoms. The molecular formula is C18H21F3N4O3. The van der Waals surface area contributed by atoms with Gasteiger partial charge in [-0.1, -0.05) is 17.3 Å². The Morgan fingerprint density at radius 1 is 1.25 bits per heavy atom. The van der Waals surface area contributed by atoms with E-state index in [9.17, 15) is 18.0 Å². The van der Waals surface area contributed by atoms with Crippen molar-refractivity contribution in [2.75, 3.05) is 33.3 Å². The van der Waals surface area contributed by atoms with Crippen LogP contribution < -0.4 is 0 Å². The molecule has 0 aliphatic carbocycles. The summed E-state index contributed by atoms with van der Waals surface area (Å²) in [5, 5.41) is 3.84. The van der Waals surface area contributed by atoms with Gasteiger partial charge in [-0.05, 0) is 25.5 Å². The lowest BCUT2D eigenvalue weighted by molar-refractivity contribution is -0.137. The van der Waals surface area contributed by atoms with Crippen molar-refractivity contribution in [2.45, 2.75) is 25.6 Å². The zero-order chi connectivity index (χ0) is 20.3. The molecule has 0 radical (unpaired) electrons. The molecule has 0 bridgehead atoms. The summed E-state index contributed by atoms with van der Waals surface area (Å²) < 4.78 is 48.8. The molecule has 3 rings (SSSR count). The summed E-state index contributed by atoms with van der Waals surface area (Å²) in [6.45, 7) is 4.30. The summed E-state index contributed by atoms with van der Waals surface area (Å²) >= 11 is 0. The van der Waals surface area contributed by atoms with Gasteiger partial charge in [-0.15, -0.1) is 0 Å². The van der Waals surface area contributed by atoms with Crippen molar-refractivity contribution >= 4 is 6.09 Å². The van der Waals surface area contributed by atoms with Gasteiger partial charge in [-0.25, -0.2) is 4.79 Å². The molecule has 2 aromatic rings. The minimum Gasteiger partial charge on any atom is -0.453 e. The Morgan fingerprint density at radius 3 is 2.75 bits per heavy atom. The molecule has 2 heterocycles. The Bertz CT molecular complexity index is 824. The van der Waals surface area contributed by atoms with Crippen LogP contribution in [-0.2, 0) is 10.9 Å². The molecule has 0 N–H and O–H groups in total. The van der Waals surface area contributed by atoms with Crippen LogP contribution in [0.1, 0.15) is 30.8 Å². The first-order valence-corrected chi connectivity index (χ1v) is 8.88.